The van der Waals surface area contributed by atoms with Gasteiger partial charge in [-0.15, -0.1) is 0 Å². The highest BCUT2D eigenvalue weighted by Gasteiger charge is 2.22. The minimum Gasteiger partial charge on any atom is -0.444 e. The first kappa shape index (κ1) is 16.8. The zero-order chi connectivity index (χ0) is 16.2. The number of hydrogen-bond donors (Lipinski definition) is 2. The summed E-state index contributed by atoms with van der Waals surface area (Å²) in [5, 5.41) is 12.4. The summed E-state index contributed by atoms with van der Waals surface area (Å²) < 4.78 is 7.40. The summed E-state index contributed by atoms with van der Waals surface area (Å²) >= 11 is 0. The van der Waals surface area contributed by atoms with E-state index in [9.17, 15) is 9.90 Å². The SMILES string of the molecule is CC(C)(C)OC(=O)NCCc1cncn1C1CCC(O)CC1. The number of imidazole rings is 1. The number of carbonyl (C=O) groups is 1. The van der Waals surface area contributed by atoms with E-state index in [1.165, 1.54) is 0 Å². The monoisotopic (exact) mass is 309 g/mol. The third kappa shape index (κ3) is 5.02. The topological polar surface area (TPSA) is 76.4 Å². The highest BCUT2D eigenvalue weighted by Crippen LogP contribution is 2.29. The van der Waals surface area contributed by atoms with Crippen LogP contribution in [-0.2, 0) is 11.2 Å². The fourth-order valence-corrected chi connectivity index (χ4v) is 2.80. The molecule has 1 fully saturated rings. The second kappa shape index (κ2) is 7.13. The molecule has 1 saturated carbocycles. The number of carbonyl (C=O) groups excluding carboxylic acids is 1. The summed E-state index contributed by atoms with van der Waals surface area (Å²) in [4.78, 5) is 15.9. The van der Waals surface area contributed by atoms with Crippen molar-refractivity contribution in [3.63, 3.8) is 0 Å². The Morgan fingerprint density at radius 3 is 2.73 bits per heavy atom. The summed E-state index contributed by atoms with van der Waals surface area (Å²) in [6.07, 6.45) is 7.52. The number of aromatic nitrogens is 2. The summed E-state index contributed by atoms with van der Waals surface area (Å²) in [5.41, 5.74) is 0.631. The van der Waals surface area contributed by atoms with Gasteiger partial charge in [0.1, 0.15) is 5.60 Å². The second-order valence-electron chi connectivity index (χ2n) is 6.93. The number of aliphatic hydroxyl groups is 1. The molecule has 0 atom stereocenters. The van der Waals surface area contributed by atoms with Gasteiger partial charge in [-0.1, -0.05) is 0 Å². The molecule has 2 N–H and O–H groups in total. The van der Waals surface area contributed by atoms with Crippen molar-refractivity contribution in [2.45, 2.75) is 70.6 Å². The summed E-state index contributed by atoms with van der Waals surface area (Å²) in [7, 11) is 0. The van der Waals surface area contributed by atoms with E-state index in [0.29, 0.717) is 12.6 Å². The lowest BCUT2D eigenvalue weighted by Crippen LogP contribution is -2.33. The van der Waals surface area contributed by atoms with Crippen molar-refractivity contribution in [1.82, 2.24) is 14.9 Å². The summed E-state index contributed by atoms with van der Waals surface area (Å²) in [5.74, 6) is 0. The van der Waals surface area contributed by atoms with Gasteiger partial charge in [0.2, 0.25) is 0 Å². The Kier molecular flexibility index (Phi) is 5.45. The van der Waals surface area contributed by atoms with Gasteiger partial charge < -0.3 is 19.7 Å². The van der Waals surface area contributed by atoms with Gasteiger partial charge in [0.05, 0.1) is 12.4 Å². The third-order valence-electron chi connectivity index (χ3n) is 3.86. The maximum atomic E-state index is 11.6. The molecule has 1 heterocycles. The molecular formula is C16H27N3O3. The molecule has 1 aliphatic carbocycles. The predicted molar refractivity (Wildman–Crippen MR) is 83.7 cm³/mol. The largest absolute Gasteiger partial charge is 0.444 e. The fraction of sp³-hybridized carbons (Fsp3) is 0.750. The number of amides is 1. The minimum absolute atomic E-state index is 0.156. The predicted octanol–water partition coefficient (Wildman–Crippen LogP) is 2.43. The Morgan fingerprint density at radius 2 is 2.09 bits per heavy atom. The van der Waals surface area contributed by atoms with Gasteiger partial charge in [-0.2, -0.15) is 0 Å². The molecule has 124 valence electrons. The van der Waals surface area contributed by atoms with Crippen LogP contribution in [0.25, 0.3) is 0 Å². The Balaban J connectivity index is 1.82. The van der Waals surface area contributed by atoms with Crippen LogP contribution in [0.3, 0.4) is 0 Å². The van der Waals surface area contributed by atoms with E-state index in [4.69, 9.17) is 4.74 Å². The molecule has 0 saturated heterocycles. The number of rotatable bonds is 4. The van der Waals surface area contributed by atoms with Crippen LogP contribution >= 0.6 is 0 Å². The molecule has 22 heavy (non-hydrogen) atoms. The van der Waals surface area contributed by atoms with Gasteiger partial charge >= 0.3 is 6.09 Å². The van der Waals surface area contributed by atoms with E-state index in [1.807, 2.05) is 33.3 Å². The highest BCUT2D eigenvalue weighted by molar-refractivity contribution is 5.67. The zero-order valence-electron chi connectivity index (χ0n) is 13.7. The maximum Gasteiger partial charge on any atom is 0.407 e. The first-order chi connectivity index (χ1) is 10.3. The Hall–Kier alpha value is -1.56. The number of nitrogens with one attached hydrogen (secondary N) is 1. The molecule has 1 aliphatic rings. The molecule has 0 unspecified atom stereocenters. The van der Waals surface area contributed by atoms with Crippen LogP contribution in [0.1, 0.15) is 58.2 Å². The van der Waals surface area contributed by atoms with Crippen LogP contribution < -0.4 is 5.32 Å². The lowest BCUT2D eigenvalue weighted by atomic mass is 9.93. The maximum absolute atomic E-state index is 11.6. The Labute approximate surface area is 131 Å². The van der Waals surface area contributed by atoms with Gasteiger partial charge in [-0.3, -0.25) is 0 Å². The zero-order valence-corrected chi connectivity index (χ0v) is 13.7. The van der Waals surface area contributed by atoms with Crippen molar-refractivity contribution in [3.05, 3.63) is 18.2 Å². The Bertz CT molecular complexity index is 485. The number of alkyl carbamates (subject to hydrolysis) is 1. The lowest BCUT2D eigenvalue weighted by molar-refractivity contribution is 0.0528. The van der Waals surface area contributed by atoms with Crippen molar-refractivity contribution in [1.29, 1.82) is 0 Å². The van der Waals surface area contributed by atoms with Crippen molar-refractivity contribution in [2.24, 2.45) is 0 Å². The lowest BCUT2D eigenvalue weighted by Gasteiger charge is -2.27. The summed E-state index contributed by atoms with van der Waals surface area (Å²) in [6.45, 7) is 6.06. The van der Waals surface area contributed by atoms with Crippen LogP contribution in [0.15, 0.2) is 12.5 Å². The van der Waals surface area contributed by atoms with Gasteiger partial charge in [-0.25, -0.2) is 9.78 Å². The van der Waals surface area contributed by atoms with E-state index in [2.05, 4.69) is 14.9 Å². The molecule has 1 amide bonds. The molecule has 0 radical (unpaired) electrons. The van der Waals surface area contributed by atoms with Crippen molar-refractivity contribution in [2.75, 3.05) is 6.54 Å². The molecule has 0 bridgehead atoms. The molecule has 1 aromatic heterocycles. The molecule has 6 heteroatoms. The summed E-state index contributed by atoms with van der Waals surface area (Å²) in [6, 6.07) is 0.405. The van der Waals surface area contributed by atoms with Crippen LogP contribution in [-0.4, -0.2) is 39.0 Å². The molecular weight excluding hydrogens is 282 g/mol. The highest BCUT2D eigenvalue weighted by atomic mass is 16.6. The average molecular weight is 309 g/mol. The van der Waals surface area contributed by atoms with Crippen LogP contribution in [0.4, 0.5) is 4.79 Å². The number of aliphatic hydroxyl groups excluding tert-OH is 1. The fourth-order valence-electron chi connectivity index (χ4n) is 2.80. The van der Waals surface area contributed by atoms with Crippen molar-refractivity contribution >= 4 is 6.09 Å². The van der Waals surface area contributed by atoms with Crippen LogP contribution in [0, 0.1) is 0 Å². The van der Waals surface area contributed by atoms with E-state index >= 15 is 0 Å². The van der Waals surface area contributed by atoms with E-state index < -0.39 is 5.60 Å². The van der Waals surface area contributed by atoms with Crippen molar-refractivity contribution in [3.8, 4) is 0 Å². The quantitative estimate of drug-likeness (QED) is 0.895. The standard InChI is InChI=1S/C16H27N3O3/c1-16(2,3)22-15(21)18-9-8-13-10-17-11-19(13)12-4-6-14(20)7-5-12/h10-12,14,20H,4-9H2,1-3H3,(H,18,21). The Morgan fingerprint density at radius 1 is 1.41 bits per heavy atom. The van der Waals surface area contributed by atoms with E-state index in [1.54, 1.807) is 0 Å². The normalized spacial score (nSPS) is 22.4. The number of nitrogens with zero attached hydrogens (tertiary/aromatic N) is 2. The first-order valence-electron chi connectivity index (χ1n) is 8.01. The third-order valence-corrected chi connectivity index (χ3v) is 3.86. The second-order valence-corrected chi connectivity index (χ2v) is 6.93. The molecule has 0 aliphatic heterocycles. The van der Waals surface area contributed by atoms with E-state index in [-0.39, 0.29) is 12.2 Å². The van der Waals surface area contributed by atoms with Crippen LogP contribution in [0.5, 0.6) is 0 Å². The molecule has 0 spiro atoms. The van der Waals surface area contributed by atoms with Gasteiger partial charge in [0, 0.05) is 30.9 Å². The van der Waals surface area contributed by atoms with Gasteiger partial charge in [0.25, 0.3) is 0 Å². The average Bonchev–Trinajstić information content (AvgIpc) is 2.86. The molecule has 2 rings (SSSR count). The molecule has 6 nitrogen and oxygen atoms in total. The number of hydrogen-bond acceptors (Lipinski definition) is 4. The smallest absolute Gasteiger partial charge is 0.407 e. The first-order valence-corrected chi connectivity index (χ1v) is 8.01. The number of ether oxygens (including phenoxy) is 1. The minimum atomic E-state index is -0.477. The van der Waals surface area contributed by atoms with E-state index in [0.717, 1.165) is 37.8 Å². The van der Waals surface area contributed by atoms with Crippen LogP contribution in [0.2, 0.25) is 0 Å². The molecule has 0 aromatic carbocycles. The van der Waals surface area contributed by atoms with Crippen molar-refractivity contribution < 1.29 is 14.6 Å². The van der Waals surface area contributed by atoms with Gasteiger partial charge in [-0.05, 0) is 46.5 Å². The molecule has 1 aromatic rings. The van der Waals surface area contributed by atoms with Gasteiger partial charge in [0.15, 0.2) is 0 Å².